The summed E-state index contributed by atoms with van der Waals surface area (Å²) in [5.41, 5.74) is 18.6. The fourth-order valence-corrected chi connectivity index (χ4v) is 14.1. The van der Waals surface area contributed by atoms with Crippen LogP contribution in [0.5, 0.6) is 0 Å². The third-order valence-corrected chi connectivity index (χ3v) is 16.6. The van der Waals surface area contributed by atoms with Gasteiger partial charge in [0.25, 0.3) is 0 Å². The predicted molar refractivity (Wildman–Crippen MR) is 201 cm³/mol. The van der Waals surface area contributed by atoms with Crippen LogP contribution < -0.4 is 0 Å². The van der Waals surface area contributed by atoms with Crippen LogP contribution in [0.2, 0.25) is 0 Å². The zero-order chi connectivity index (χ0) is 33.5. The van der Waals surface area contributed by atoms with Crippen molar-refractivity contribution in [2.45, 2.75) is 120 Å². The summed E-state index contributed by atoms with van der Waals surface area (Å²) in [6.45, 7) is 36.3. The third-order valence-electron chi connectivity index (χ3n) is 16.6. The topological polar surface area (TPSA) is 0 Å². The van der Waals surface area contributed by atoms with Gasteiger partial charge in [-0.15, -0.1) is 0 Å². The van der Waals surface area contributed by atoms with Crippen LogP contribution in [-0.4, -0.2) is 0 Å². The fraction of sp³-hybridized carbons (Fsp3) is 0.574. The molecular weight excluding hydrogens is 565 g/mol. The summed E-state index contributed by atoms with van der Waals surface area (Å²) in [7, 11) is 0. The highest BCUT2D eigenvalue weighted by Crippen LogP contribution is 2.74. The number of hydrogen-bond acceptors (Lipinski definition) is 0. The zero-order valence-corrected chi connectivity index (χ0v) is 31.1. The largest absolute Gasteiger partial charge is 0.0955 e. The minimum absolute atomic E-state index is 0.00310. The van der Waals surface area contributed by atoms with Gasteiger partial charge in [0.1, 0.15) is 0 Å². The zero-order valence-electron chi connectivity index (χ0n) is 31.1. The van der Waals surface area contributed by atoms with E-state index in [0.29, 0.717) is 11.8 Å². The lowest BCUT2D eigenvalue weighted by atomic mass is 9.37. The predicted octanol–water partition coefficient (Wildman–Crippen LogP) is 12.8. The van der Waals surface area contributed by atoms with E-state index in [-0.39, 0.29) is 16.2 Å². The van der Waals surface area contributed by atoms with E-state index in [1.807, 2.05) is 0 Å². The van der Waals surface area contributed by atoms with Gasteiger partial charge in [-0.3, -0.25) is 0 Å². The molecule has 1 aromatic rings. The highest BCUT2D eigenvalue weighted by atomic mass is 14.7. The van der Waals surface area contributed by atoms with E-state index in [1.165, 1.54) is 87.8 Å². The minimum atomic E-state index is -0.143. The lowest BCUT2D eigenvalue weighted by molar-refractivity contribution is -0.0260. The molecule has 248 valence electrons. The van der Waals surface area contributed by atoms with E-state index < -0.39 is 0 Å². The molecule has 0 heteroatoms. The van der Waals surface area contributed by atoms with Gasteiger partial charge in [0, 0.05) is 10.8 Å². The lowest BCUT2D eigenvalue weighted by Gasteiger charge is -2.67. The van der Waals surface area contributed by atoms with Crippen molar-refractivity contribution in [3.63, 3.8) is 0 Å². The molecule has 4 saturated carbocycles. The Balaban J connectivity index is 1.16. The summed E-state index contributed by atoms with van der Waals surface area (Å²) < 4.78 is 0. The average Bonchev–Trinajstić information content (AvgIpc) is 3.45. The molecule has 0 heterocycles. The average molecular weight is 625 g/mol. The van der Waals surface area contributed by atoms with Gasteiger partial charge < -0.3 is 0 Å². The first kappa shape index (κ1) is 31.7. The SMILES string of the molecule is C=C(C)C1=C(C)C[C@@]2(C)[C@H](C)[C@]3(C)C(=C(C)[C@@]2(C)C1=C)C(=C)c1c(ccc(CC2=CC(C4C5CC6CC(C5)CC4C6)=CC2)c1C)[C@H]3C. The molecule has 0 N–H and O–H groups in total. The maximum Gasteiger partial charge on any atom is 0.0196 e. The van der Waals surface area contributed by atoms with Crippen molar-refractivity contribution in [1.29, 1.82) is 0 Å². The number of fused-ring (bicyclic) bond motifs is 3. The summed E-state index contributed by atoms with van der Waals surface area (Å²) in [6.07, 6.45) is 16.1. The van der Waals surface area contributed by atoms with Gasteiger partial charge >= 0.3 is 0 Å². The van der Waals surface area contributed by atoms with E-state index in [2.05, 4.69) is 93.2 Å². The third kappa shape index (κ3) is 3.94. The molecule has 1 aromatic carbocycles. The number of rotatable bonds is 4. The second-order valence-electron chi connectivity index (χ2n) is 18.5. The Morgan fingerprint density at radius 2 is 1.55 bits per heavy atom. The summed E-state index contributed by atoms with van der Waals surface area (Å²) in [5, 5.41) is 0. The highest BCUT2D eigenvalue weighted by Gasteiger charge is 2.65. The van der Waals surface area contributed by atoms with Gasteiger partial charge in [-0.05, 0) is 176 Å². The molecule has 8 aliphatic carbocycles. The van der Waals surface area contributed by atoms with Gasteiger partial charge in [0.2, 0.25) is 0 Å². The number of hydrogen-bond donors (Lipinski definition) is 0. The van der Waals surface area contributed by atoms with Gasteiger partial charge in [-0.2, -0.15) is 0 Å². The monoisotopic (exact) mass is 624 g/mol. The van der Waals surface area contributed by atoms with E-state index in [0.717, 1.165) is 54.4 Å². The van der Waals surface area contributed by atoms with Crippen LogP contribution >= 0.6 is 0 Å². The van der Waals surface area contributed by atoms with E-state index >= 15 is 0 Å². The number of allylic oxidation sites excluding steroid dienone is 11. The Labute approximate surface area is 287 Å². The normalized spacial score (nSPS) is 41.9. The van der Waals surface area contributed by atoms with Crippen molar-refractivity contribution in [3.8, 4) is 0 Å². The summed E-state index contributed by atoms with van der Waals surface area (Å²) in [5.74, 6) is 5.72. The first-order valence-electron chi connectivity index (χ1n) is 19.1. The summed E-state index contributed by atoms with van der Waals surface area (Å²) in [6, 6.07) is 4.98. The molecule has 5 atom stereocenters. The molecule has 8 aliphatic rings. The molecule has 0 unspecified atom stereocenters. The molecule has 0 saturated heterocycles. The maximum atomic E-state index is 5.00. The molecule has 0 aliphatic heterocycles. The van der Waals surface area contributed by atoms with Crippen LogP contribution in [0.15, 0.2) is 88.6 Å². The van der Waals surface area contributed by atoms with E-state index in [4.69, 9.17) is 13.2 Å². The molecule has 0 spiro atoms. The quantitative estimate of drug-likeness (QED) is 0.313. The van der Waals surface area contributed by atoms with Crippen molar-refractivity contribution >= 4 is 5.57 Å². The molecule has 4 fully saturated rings. The molecule has 9 rings (SSSR count). The van der Waals surface area contributed by atoms with E-state index in [1.54, 1.807) is 11.1 Å². The Hall–Kier alpha value is -2.60. The van der Waals surface area contributed by atoms with Crippen LogP contribution in [0.25, 0.3) is 5.57 Å². The van der Waals surface area contributed by atoms with Gasteiger partial charge in [-0.1, -0.05) is 101 Å². The Bertz CT molecular complexity index is 1750. The van der Waals surface area contributed by atoms with Crippen molar-refractivity contribution in [2.75, 3.05) is 0 Å². The smallest absolute Gasteiger partial charge is 0.0196 e. The molecular formula is C47H60. The van der Waals surface area contributed by atoms with Crippen molar-refractivity contribution in [2.24, 2.45) is 51.8 Å². The van der Waals surface area contributed by atoms with E-state index in [9.17, 15) is 0 Å². The van der Waals surface area contributed by atoms with Gasteiger partial charge in [0.05, 0.1) is 0 Å². The van der Waals surface area contributed by atoms with Crippen LogP contribution in [0.4, 0.5) is 0 Å². The molecule has 0 amide bonds. The Morgan fingerprint density at radius 3 is 2.17 bits per heavy atom. The van der Waals surface area contributed by atoms with Gasteiger partial charge in [-0.25, -0.2) is 0 Å². The number of benzene rings is 1. The molecule has 47 heavy (non-hydrogen) atoms. The Kier molecular flexibility index (Phi) is 6.88. The van der Waals surface area contributed by atoms with Crippen molar-refractivity contribution in [3.05, 3.63) is 111 Å². The highest BCUT2D eigenvalue weighted by molar-refractivity contribution is 5.88. The molecule has 4 bridgehead atoms. The minimum Gasteiger partial charge on any atom is -0.0955 e. The summed E-state index contributed by atoms with van der Waals surface area (Å²) in [4.78, 5) is 0. The van der Waals surface area contributed by atoms with Crippen molar-refractivity contribution < 1.29 is 0 Å². The lowest BCUT2D eigenvalue weighted by Crippen LogP contribution is -2.58. The van der Waals surface area contributed by atoms with Crippen LogP contribution in [-0.2, 0) is 6.42 Å². The molecule has 0 aromatic heterocycles. The molecule has 0 radical (unpaired) electrons. The first-order valence-corrected chi connectivity index (χ1v) is 19.1. The summed E-state index contributed by atoms with van der Waals surface area (Å²) >= 11 is 0. The fourth-order valence-electron chi connectivity index (χ4n) is 14.1. The van der Waals surface area contributed by atoms with Crippen LogP contribution in [0.3, 0.4) is 0 Å². The standard InChI is InChI=1S/C47H60/c1-25(2)41-26(3)24-45(10)32(9)46(11)29(6)40-16-15-36(27(4)42(40)28(5)44(46)31(8)47(45,12)30(41)7)18-33-13-14-37(19-33)43-38-20-34-17-35(22-38)23-39(43)21-34/h14-16,19,29,32,34-35,38-39,43H,1,5,7,13,17-18,20-24H2,2-4,6,8-12H3/t29-,32+,34?,35?,38?,39?,43?,45+,46-,47-/m1/s1. The van der Waals surface area contributed by atoms with Crippen LogP contribution in [0.1, 0.15) is 129 Å². The van der Waals surface area contributed by atoms with Crippen molar-refractivity contribution in [1.82, 2.24) is 0 Å². The molecule has 0 nitrogen and oxygen atoms in total. The van der Waals surface area contributed by atoms with Gasteiger partial charge in [0.15, 0.2) is 0 Å². The van der Waals surface area contributed by atoms with Crippen LogP contribution in [0, 0.1) is 58.7 Å². The second kappa shape index (κ2) is 10.2. The first-order chi connectivity index (χ1) is 22.1. The maximum absolute atomic E-state index is 5.00. The second-order valence-corrected chi connectivity index (χ2v) is 18.5. The Morgan fingerprint density at radius 1 is 0.915 bits per heavy atom.